The van der Waals surface area contributed by atoms with E-state index in [4.69, 9.17) is 5.11 Å². The molecule has 5 heteroatoms. The molecule has 0 heterocycles. The van der Waals surface area contributed by atoms with Gasteiger partial charge in [-0.2, -0.15) is 0 Å². The molecule has 2 aliphatic carbocycles. The van der Waals surface area contributed by atoms with Gasteiger partial charge in [-0.05, 0) is 31.1 Å². The van der Waals surface area contributed by atoms with Gasteiger partial charge in [-0.1, -0.05) is 6.92 Å². The second-order valence-corrected chi connectivity index (χ2v) is 5.22. The normalized spacial score (nSPS) is 21.3. The van der Waals surface area contributed by atoms with Crippen LogP contribution in [0.2, 0.25) is 0 Å². The standard InChI is InChI=1S/C11H18N2O3/c1-11(4-5-11)7-12-10(16)13(6-9(14)15)8-2-3-8/h8H,2-7H2,1H3,(H,12,16)(H,14,15). The van der Waals surface area contributed by atoms with Crippen molar-refractivity contribution in [3.05, 3.63) is 0 Å². The average molecular weight is 226 g/mol. The lowest BCUT2D eigenvalue weighted by Crippen LogP contribution is -2.45. The fourth-order valence-electron chi connectivity index (χ4n) is 1.68. The highest BCUT2D eigenvalue weighted by Crippen LogP contribution is 2.44. The Bertz CT molecular complexity index is 308. The van der Waals surface area contributed by atoms with E-state index in [0.717, 1.165) is 25.7 Å². The molecule has 0 atom stereocenters. The Morgan fingerprint density at radius 1 is 1.44 bits per heavy atom. The number of rotatable bonds is 5. The summed E-state index contributed by atoms with van der Waals surface area (Å²) >= 11 is 0. The minimum Gasteiger partial charge on any atom is -0.480 e. The van der Waals surface area contributed by atoms with Gasteiger partial charge in [0.2, 0.25) is 0 Å². The first kappa shape index (κ1) is 11.2. The van der Waals surface area contributed by atoms with Gasteiger partial charge in [-0.15, -0.1) is 0 Å². The Morgan fingerprint density at radius 3 is 2.50 bits per heavy atom. The summed E-state index contributed by atoms with van der Waals surface area (Å²) in [4.78, 5) is 23.9. The lowest BCUT2D eigenvalue weighted by Gasteiger charge is -2.21. The molecule has 2 aliphatic rings. The molecule has 2 saturated carbocycles. The van der Waals surface area contributed by atoms with Crippen LogP contribution in [0.1, 0.15) is 32.6 Å². The second-order valence-electron chi connectivity index (χ2n) is 5.22. The predicted octanol–water partition coefficient (Wildman–Crippen LogP) is 1.05. The SMILES string of the molecule is CC1(CNC(=O)N(CC(=O)O)C2CC2)CC1. The number of hydrogen-bond acceptors (Lipinski definition) is 2. The first-order chi connectivity index (χ1) is 7.50. The summed E-state index contributed by atoms with van der Waals surface area (Å²) in [6.07, 6.45) is 4.15. The third kappa shape index (κ3) is 2.87. The van der Waals surface area contributed by atoms with Gasteiger partial charge in [0.1, 0.15) is 6.54 Å². The van der Waals surface area contributed by atoms with E-state index < -0.39 is 5.97 Å². The van der Waals surface area contributed by atoms with Crippen molar-refractivity contribution >= 4 is 12.0 Å². The molecule has 0 radical (unpaired) electrons. The van der Waals surface area contributed by atoms with Crippen LogP contribution in [0.3, 0.4) is 0 Å². The molecular formula is C11H18N2O3. The first-order valence-corrected chi connectivity index (χ1v) is 5.76. The van der Waals surface area contributed by atoms with Gasteiger partial charge in [0, 0.05) is 12.6 Å². The third-order valence-electron chi connectivity index (χ3n) is 3.32. The summed E-state index contributed by atoms with van der Waals surface area (Å²) in [5.41, 5.74) is 0.258. The Balaban J connectivity index is 1.81. The maximum Gasteiger partial charge on any atom is 0.323 e. The number of hydrogen-bond donors (Lipinski definition) is 2. The number of nitrogens with one attached hydrogen (secondary N) is 1. The van der Waals surface area contributed by atoms with Crippen molar-refractivity contribution in [2.75, 3.05) is 13.1 Å². The van der Waals surface area contributed by atoms with Crippen LogP contribution in [-0.4, -0.2) is 41.1 Å². The topological polar surface area (TPSA) is 69.6 Å². The van der Waals surface area contributed by atoms with Crippen LogP contribution in [0.4, 0.5) is 4.79 Å². The highest BCUT2D eigenvalue weighted by molar-refractivity contribution is 5.80. The monoisotopic (exact) mass is 226 g/mol. The van der Waals surface area contributed by atoms with E-state index in [1.165, 1.54) is 4.90 Å². The molecule has 2 N–H and O–H groups in total. The number of carboxylic acid groups (broad SMARTS) is 1. The summed E-state index contributed by atoms with van der Waals surface area (Å²) in [6, 6.07) is -0.0823. The van der Waals surface area contributed by atoms with Crippen molar-refractivity contribution in [2.24, 2.45) is 5.41 Å². The molecular weight excluding hydrogens is 208 g/mol. The van der Waals surface area contributed by atoms with E-state index >= 15 is 0 Å². The van der Waals surface area contributed by atoms with Crippen LogP contribution in [0.15, 0.2) is 0 Å². The van der Waals surface area contributed by atoms with Crippen molar-refractivity contribution in [1.29, 1.82) is 0 Å². The van der Waals surface area contributed by atoms with Gasteiger partial charge < -0.3 is 15.3 Å². The maximum absolute atomic E-state index is 11.8. The van der Waals surface area contributed by atoms with Crippen LogP contribution in [0.5, 0.6) is 0 Å². The second kappa shape index (κ2) is 3.96. The van der Waals surface area contributed by atoms with E-state index in [1.54, 1.807) is 0 Å². The summed E-state index contributed by atoms with van der Waals surface area (Å²) in [5.74, 6) is -0.945. The molecule has 0 aromatic carbocycles. The fourth-order valence-corrected chi connectivity index (χ4v) is 1.68. The van der Waals surface area contributed by atoms with Crippen molar-refractivity contribution in [1.82, 2.24) is 10.2 Å². The Labute approximate surface area is 94.8 Å². The van der Waals surface area contributed by atoms with E-state index in [2.05, 4.69) is 12.2 Å². The third-order valence-corrected chi connectivity index (χ3v) is 3.32. The number of carbonyl (C=O) groups excluding carboxylic acids is 1. The fraction of sp³-hybridized carbons (Fsp3) is 0.818. The highest BCUT2D eigenvalue weighted by atomic mass is 16.4. The zero-order chi connectivity index (χ0) is 11.8. The molecule has 5 nitrogen and oxygen atoms in total. The highest BCUT2D eigenvalue weighted by Gasteiger charge is 2.39. The van der Waals surface area contributed by atoms with Gasteiger partial charge in [-0.25, -0.2) is 4.79 Å². The zero-order valence-corrected chi connectivity index (χ0v) is 9.53. The minimum atomic E-state index is -0.945. The summed E-state index contributed by atoms with van der Waals surface area (Å²) in [6.45, 7) is 2.60. The lowest BCUT2D eigenvalue weighted by molar-refractivity contribution is -0.137. The quantitative estimate of drug-likeness (QED) is 0.736. The number of nitrogens with zero attached hydrogens (tertiary/aromatic N) is 1. The summed E-state index contributed by atoms with van der Waals surface area (Å²) in [5, 5.41) is 11.6. The van der Waals surface area contributed by atoms with Crippen LogP contribution < -0.4 is 5.32 Å². The molecule has 16 heavy (non-hydrogen) atoms. The number of carboxylic acids is 1. The minimum absolute atomic E-state index is 0.142. The number of carbonyl (C=O) groups is 2. The van der Waals surface area contributed by atoms with Crippen molar-refractivity contribution in [3.8, 4) is 0 Å². The summed E-state index contributed by atoms with van der Waals surface area (Å²) in [7, 11) is 0. The zero-order valence-electron chi connectivity index (χ0n) is 9.53. The van der Waals surface area contributed by atoms with Crippen molar-refractivity contribution < 1.29 is 14.7 Å². The van der Waals surface area contributed by atoms with Gasteiger partial charge in [0.25, 0.3) is 0 Å². The Morgan fingerprint density at radius 2 is 2.06 bits per heavy atom. The Hall–Kier alpha value is -1.26. The molecule has 0 spiro atoms. The number of aliphatic carboxylic acids is 1. The van der Waals surface area contributed by atoms with Crippen LogP contribution in [0.25, 0.3) is 0 Å². The molecule has 0 aliphatic heterocycles. The van der Waals surface area contributed by atoms with Gasteiger partial charge in [0.15, 0.2) is 0 Å². The van der Waals surface area contributed by atoms with E-state index in [9.17, 15) is 9.59 Å². The smallest absolute Gasteiger partial charge is 0.323 e. The van der Waals surface area contributed by atoms with E-state index in [-0.39, 0.29) is 24.0 Å². The lowest BCUT2D eigenvalue weighted by atomic mass is 10.1. The van der Waals surface area contributed by atoms with Crippen molar-refractivity contribution in [2.45, 2.75) is 38.6 Å². The molecule has 2 rings (SSSR count). The molecule has 0 aromatic heterocycles. The molecule has 90 valence electrons. The molecule has 0 bridgehead atoms. The molecule has 2 fully saturated rings. The molecule has 2 amide bonds. The predicted molar refractivity (Wildman–Crippen MR) is 58.1 cm³/mol. The van der Waals surface area contributed by atoms with Crippen LogP contribution in [0, 0.1) is 5.41 Å². The number of amides is 2. The van der Waals surface area contributed by atoms with E-state index in [0.29, 0.717) is 6.54 Å². The van der Waals surface area contributed by atoms with Crippen LogP contribution in [-0.2, 0) is 4.79 Å². The van der Waals surface area contributed by atoms with E-state index in [1.807, 2.05) is 0 Å². The van der Waals surface area contributed by atoms with Gasteiger partial charge in [0.05, 0.1) is 0 Å². The van der Waals surface area contributed by atoms with Crippen molar-refractivity contribution in [3.63, 3.8) is 0 Å². The average Bonchev–Trinajstić information content (AvgIpc) is 3.07. The summed E-state index contributed by atoms with van der Waals surface area (Å²) < 4.78 is 0. The number of urea groups is 1. The Kier molecular flexibility index (Phi) is 2.78. The first-order valence-electron chi connectivity index (χ1n) is 5.76. The van der Waals surface area contributed by atoms with Gasteiger partial charge in [-0.3, -0.25) is 4.79 Å². The maximum atomic E-state index is 11.8. The van der Waals surface area contributed by atoms with Gasteiger partial charge >= 0.3 is 12.0 Å². The molecule has 0 unspecified atom stereocenters. The van der Waals surface area contributed by atoms with Crippen LogP contribution >= 0.6 is 0 Å². The molecule has 0 saturated heterocycles. The molecule has 0 aromatic rings. The largest absolute Gasteiger partial charge is 0.480 e.